The topological polar surface area (TPSA) is 0 Å². The predicted molar refractivity (Wildman–Crippen MR) is 60.3 cm³/mol. The van der Waals surface area contributed by atoms with Crippen molar-refractivity contribution in [3.63, 3.8) is 0 Å². The number of hydrogen-bond acceptors (Lipinski definition) is 0. The summed E-state index contributed by atoms with van der Waals surface area (Å²) in [6.07, 6.45) is 0. The third kappa shape index (κ3) is 1.69. The zero-order chi connectivity index (χ0) is 9.38. The van der Waals surface area contributed by atoms with Crippen molar-refractivity contribution in [3.05, 3.63) is 60.7 Å². The van der Waals surface area contributed by atoms with Crippen molar-refractivity contribution in [2.24, 2.45) is 0 Å². The SMILES string of the molecule is [Ir].[c-]1cccc2c1ccc1ccccc12. The fourth-order valence-corrected chi connectivity index (χ4v) is 1.88. The molecule has 0 aromatic heterocycles. The Bertz CT molecular complexity index is 544. The zero-order valence-electron chi connectivity index (χ0n) is 8.03. The van der Waals surface area contributed by atoms with E-state index in [0.29, 0.717) is 0 Å². The molecule has 15 heavy (non-hydrogen) atoms. The average Bonchev–Trinajstić information content (AvgIpc) is 2.29. The molecule has 3 aromatic carbocycles. The molecule has 0 aliphatic carbocycles. The molecule has 0 bridgehead atoms. The Hall–Kier alpha value is -1.17. The van der Waals surface area contributed by atoms with Gasteiger partial charge in [-0.2, -0.15) is 0 Å². The normalized spacial score (nSPS) is 10.1. The Morgan fingerprint density at radius 1 is 0.733 bits per heavy atom. The summed E-state index contributed by atoms with van der Waals surface area (Å²) in [6.45, 7) is 0. The van der Waals surface area contributed by atoms with Gasteiger partial charge in [0.25, 0.3) is 0 Å². The minimum absolute atomic E-state index is 0. The van der Waals surface area contributed by atoms with Gasteiger partial charge >= 0.3 is 0 Å². The van der Waals surface area contributed by atoms with Crippen molar-refractivity contribution in [2.75, 3.05) is 0 Å². The van der Waals surface area contributed by atoms with Crippen molar-refractivity contribution in [1.82, 2.24) is 0 Å². The standard InChI is InChI=1S/C14H9.Ir/c1-3-7-13-11(5-1)9-10-12-6-2-4-8-14(12)13;/h1-5,7-10H;/q-1;. The van der Waals surface area contributed by atoms with Crippen LogP contribution >= 0.6 is 0 Å². The van der Waals surface area contributed by atoms with E-state index < -0.39 is 0 Å². The van der Waals surface area contributed by atoms with Crippen molar-refractivity contribution in [1.29, 1.82) is 0 Å². The van der Waals surface area contributed by atoms with Crippen LogP contribution in [0.5, 0.6) is 0 Å². The number of rotatable bonds is 0. The van der Waals surface area contributed by atoms with E-state index in [1.807, 2.05) is 12.1 Å². The van der Waals surface area contributed by atoms with Gasteiger partial charge in [-0.3, -0.25) is 0 Å². The Kier molecular flexibility index (Phi) is 2.86. The van der Waals surface area contributed by atoms with Crippen molar-refractivity contribution < 1.29 is 20.1 Å². The van der Waals surface area contributed by atoms with E-state index in [-0.39, 0.29) is 20.1 Å². The first kappa shape index (κ1) is 10.4. The second kappa shape index (κ2) is 4.14. The van der Waals surface area contributed by atoms with Crippen LogP contribution in [0.2, 0.25) is 0 Å². The summed E-state index contributed by atoms with van der Waals surface area (Å²) >= 11 is 0. The fourth-order valence-electron chi connectivity index (χ4n) is 1.88. The predicted octanol–water partition coefficient (Wildman–Crippen LogP) is 3.79. The van der Waals surface area contributed by atoms with Gasteiger partial charge in [0.15, 0.2) is 0 Å². The molecule has 0 spiro atoms. The van der Waals surface area contributed by atoms with Gasteiger partial charge in [0.2, 0.25) is 0 Å². The molecule has 0 saturated heterocycles. The molecule has 0 aliphatic rings. The van der Waals surface area contributed by atoms with E-state index in [4.69, 9.17) is 0 Å². The molecule has 1 heteroatoms. The average molecular weight is 369 g/mol. The Morgan fingerprint density at radius 2 is 1.53 bits per heavy atom. The molecule has 0 N–H and O–H groups in total. The van der Waals surface area contributed by atoms with Crippen molar-refractivity contribution in [2.45, 2.75) is 0 Å². The summed E-state index contributed by atoms with van der Waals surface area (Å²) in [7, 11) is 0. The van der Waals surface area contributed by atoms with Crippen LogP contribution in [0, 0.1) is 6.07 Å². The molecule has 0 atom stereocenters. The summed E-state index contributed by atoms with van der Waals surface area (Å²) in [5.74, 6) is 0. The summed E-state index contributed by atoms with van der Waals surface area (Å²) in [5, 5.41) is 5.07. The van der Waals surface area contributed by atoms with Crippen LogP contribution in [0.4, 0.5) is 0 Å². The first-order valence-corrected chi connectivity index (χ1v) is 4.73. The first-order valence-electron chi connectivity index (χ1n) is 4.73. The van der Waals surface area contributed by atoms with E-state index in [1.165, 1.54) is 21.5 Å². The van der Waals surface area contributed by atoms with Crippen LogP contribution in [0.25, 0.3) is 21.5 Å². The summed E-state index contributed by atoms with van der Waals surface area (Å²) < 4.78 is 0. The Balaban J connectivity index is 0.000000853. The molecule has 75 valence electrons. The van der Waals surface area contributed by atoms with Gasteiger partial charge < -0.3 is 0 Å². The third-order valence-electron chi connectivity index (χ3n) is 2.57. The summed E-state index contributed by atoms with van der Waals surface area (Å²) in [4.78, 5) is 0. The maximum absolute atomic E-state index is 3.24. The fraction of sp³-hybridized carbons (Fsp3) is 0. The largest absolute Gasteiger partial charge is 0.147 e. The molecule has 0 saturated carbocycles. The Labute approximate surface area is 102 Å². The van der Waals surface area contributed by atoms with Crippen LogP contribution < -0.4 is 0 Å². The quantitative estimate of drug-likeness (QED) is 0.418. The molecule has 0 nitrogen and oxygen atoms in total. The van der Waals surface area contributed by atoms with Crippen LogP contribution in [-0.2, 0) is 20.1 Å². The summed E-state index contributed by atoms with van der Waals surface area (Å²) in [6, 6.07) is 22.1. The molecule has 0 heterocycles. The Morgan fingerprint density at radius 3 is 2.47 bits per heavy atom. The zero-order valence-corrected chi connectivity index (χ0v) is 10.4. The van der Waals surface area contributed by atoms with E-state index in [9.17, 15) is 0 Å². The second-order valence-electron chi connectivity index (χ2n) is 3.42. The summed E-state index contributed by atoms with van der Waals surface area (Å²) in [5.41, 5.74) is 0. The van der Waals surface area contributed by atoms with Crippen molar-refractivity contribution in [3.8, 4) is 0 Å². The maximum Gasteiger partial charge on any atom is 0 e. The molecular formula is C14H9Ir-. The number of hydrogen-bond donors (Lipinski definition) is 0. The number of benzene rings is 3. The maximum atomic E-state index is 3.24. The molecule has 0 fully saturated rings. The molecular weight excluding hydrogens is 360 g/mol. The van der Waals surface area contributed by atoms with Crippen LogP contribution in [0.3, 0.4) is 0 Å². The van der Waals surface area contributed by atoms with Crippen molar-refractivity contribution >= 4 is 21.5 Å². The van der Waals surface area contributed by atoms with E-state index in [0.717, 1.165) is 0 Å². The van der Waals surface area contributed by atoms with E-state index in [1.54, 1.807) is 0 Å². The first-order chi connectivity index (χ1) is 6.95. The molecule has 0 amide bonds. The van der Waals surface area contributed by atoms with E-state index in [2.05, 4.69) is 48.5 Å². The molecule has 3 aromatic rings. The minimum atomic E-state index is 0. The second-order valence-corrected chi connectivity index (χ2v) is 3.42. The van der Waals surface area contributed by atoms with Gasteiger partial charge in [-0.1, -0.05) is 35.7 Å². The smallest absolute Gasteiger partial charge is 0 e. The third-order valence-corrected chi connectivity index (χ3v) is 2.57. The van der Waals surface area contributed by atoms with Gasteiger partial charge in [-0.15, -0.1) is 41.1 Å². The van der Waals surface area contributed by atoms with Gasteiger partial charge in [0, 0.05) is 20.1 Å². The molecule has 0 unspecified atom stereocenters. The van der Waals surface area contributed by atoms with Crippen LogP contribution in [-0.4, -0.2) is 0 Å². The molecule has 1 radical (unpaired) electrons. The minimum Gasteiger partial charge on any atom is -0.147 e. The molecule has 3 rings (SSSR count). The number of fused-ring (bicyclic) bond motifs is 3. The van der Waals surface area contributed by atoms with Crippen LogP contribution in [0.1, 0.15) is 0 Å². The van der Waals surface area contributed by atoms with E-state index >= 15 is 0 Å². The monoisotopic (exact) mass is 370 g/mol. The molecule has 0 aliphatic heterocycles. The van der Waals surface area contributed by atoms with Gasteiger partial charge in [-0.05, 0) is 5.39 Å². The van der Waals surface area contributed by atoms with Crippen LogP contribution in [0.15, 0.2) is 54.6 Å². The van der Waals surface area contributed by atoms with Gasteiger partial charge in [0.1, 0.15) is 0 Å². The van der Waals surface area contributed by atoms with Gasteiger partial charge in [-0.25, -0.2) is 0 Å². The van der Waals surface area contributed by atoms with Gasteiger partial charge in [0.05, 0.1) is 0 Å².